The van der Waals surface area contributed by atoms with Crippen LogP contribution in [0.1, 0.15) is 36.2 Å². The zero-order valence-corrected chi connectivity index (χ0v) is 10.00. The number of rotatable bonds is 5. The molecule has 18 heavy (non-hydrogen) atoms. The van der Waals surface area contributed by atoms with Crippen LogP contribution in [0.25, 0.3) is 0 Å². The summed E-state index contributed by atoms with van der Waals surface area (Å²) >= 11 is 0. The molecule has 2 aromatic rings. The third-order valence-corrected chi connectivity index (χ3v) is 2.84. The average molecular weight is 246 g/mol. The second-order valence-corrected chi connectivity index (χ2v) is 4.02. The van der Waals surface area contributed by atoms with E-state index in [1.54, 1.807) is 0 Å². The Balaban J connectivity index is 2.30. The Hall–Kier alpha value is -2.24. The number of hydrogen-bond donors (Lipinski definition) is 2. The highest BCUT2D eigenvalue weighted by atomic mass is 16.4. The number of H-pyrrole nitrogens is 1. The minimum atomic E-state index is -0.885. The van der Waals surface area contributed by atoms with Gasteiger partial charge in [0.15, 0.2) is 5.82 Å². The van der Waals surface area contributed by atoms with Crippen LogP contribution in [-0.4, -0.2) is 31.7 Å². The molecule has 0 spiro atoms. The van der Waals surface area contributed by atoms with Crippen molar-refractivity contribution in [2.75, 3.05) is 0 Å². The van der Waals surface area contributed by atoms with Gasteiger partial charge in [-0.05, 0) is 17.5 Å². The van der Waals surface area contributed by atoms with Gasteiger partial charge in [-0.15, -0.1) is 10.2 Å². The van der Waals surface area contributed by atoms with Crippen molar-refractivity contribution in [1.82, 2.24) is 20.6 Å². The van der Waals surface area contributed by atoms with Crippen molar-refractivity contribution in [3.63, 3.8) is 0 Å². The summed E-state index contributed by atoms with van der Waals surface area (Å²) in [7, 11) is 0. The van der Waals surface area contributed by atoms with E-state index in [0.717, 1.165) is 12.0 Å². The van der Waals surface area contributed by atoms with Crippen molar-refractivity contribution in [1.29, 1.82) is 0 Å². The van der Waals surface area contributed by atoms with Crippen LogP contribution >= 0.6 is 0 Å². The zero-order valence-electron chi connectivity index (χ0n) is 10.00. The van der Waals surface area contributed by atoms with Gasteiger partial charge in [0.1, 0.15) is 0 Å². The maximum atomic E-state index is 10.9. The first-order valence-electron chi connectivity index (χ1n) is 5.74. The number of aromatic amines is 1. The molecule has 0 bridgehead atoms. The van der Waals surface area contributed by atoms with Crippen LogP contribution in [0.3, 0.4) is 0 Å². The lowest BCUT2D eigenvalue weighted by Crippen LogP contribution is -2.09. The second kappa shape index (κ2) is 5.39. The van der Waals surface area contributed by atoms with Gasteiger partial charge in [0.25, 0.3) is 0 Å². The van der Waals surface area contributed by atoms with Gasteiger partial charge < -0.3 is 5.11 Å². The van der Waals surface area contributed by atoms with Gasteiger partial charge in [0.05, 0.1) is 12.3 Å². The molecule has 6 heteroatoms. The molecule has 0 fully saturated rings. The van der Waals surface area contributed by atoms with Crippen LogP contribution < -0.4 is 0 Å². The normalized spacial score (nSPS) is 12.3. The number of hydrogen-bond acceptors (Lipinski definition) is 4. The maximum absolute atomic E-state index is 10.9. The predicted molar refractivity (Wildman–Crippen MR) is 64.1 cm³/mol. The van der Waals surface area contributed by atoms with E-state index in [9.17, 15) is 4.79 Å². The van der Waals surface area contributed by atoms with Crippen LogP contribution in [0, 0.1) is 0 Å². The van der Waals surface area contributed by atoms with Crippen LogP contribution in [-0.2, 0) is 11.2 Å². The fourth-order valence-electron chi connectivity index (χ4n) is 1.84. The molecule has 1 atom stereocenters. The summed E-state index contributed by atoms with van der Waals surface area (Å²) in [6, 6.07) is 7.82. The Labute approximate surface area is 104 Å². The Morgan fingerprint density at radius 1 is 1.39 bits per heavy atom. The highest BCUT2D eigenvalue weighted by molar-refractivity contribution is 5.68. The molecule has 0 aliphatic carbocycles. The largest absolute Gasteiger partial charge is 0.481 e. The lowest BCUT2D eigenvalue weighted by molar-refractivity contribution is -0.137. The van der Waals surface area contributed by atoms with E-state index in [0.29, 0.717) is 5.82 Å². The topological polar surface area (TPSA) is 91.8 Å². The van der Waals surface area contributed by atoms with E-state index in [1.807, 2.05) is 24.3 Å². The molecule has 1 heterocycles. The number of nitrogens with one attached hydrogen (secondary N) is 1. The molecule has 0 amide bonds. The van der Waals surface area contributed by atoms with Gasteiger partial charge in [0, 0.05) is 0 Å². The molecule has 0 saturated heterocycles. The monoisotopic (exact) mass is 246 g/mol. The fraction of sp³-hybridized carbons (Fsp3) is 0.333. The van der Waals surface area contributed by atoms with Crippen molar-refractivity contribution >= 4 is 5.97 Å². The van der Waals surface area contributed by atoms with E-state index in [2.05, 4.69) is 27.5 Å². The van der Waals surface area contributed by atoms with E-state index in [4.69, 9.17) is 5.11 Å². The summed E-state index contributed by atoms with van der Waals surface area (Å²) in [5.41, 5.74) is 2.09. The van der Waals surface area contributed by atoms with Crippen molar-refractivity contribution < 1.29 is 9.90 Å². The first kappa shape index (κ1) is 12.2. The van der Waals surface area contributed by atoms with E-state index >= 15 is 0 Å². The van der Waals surface area contributed by atoms with Gasteiger partial charge >= 0.3 is 5.97 Å². The molecule has 2 rings (SSSR count). The van der Waals surface area contributed by atoms with E-state index < -0.39 is 5.97 Å². The van der Waals surface area contributed by atoms with Crippen LogP contribution in [0.15, 0.2) is 24.3 Å². The number of benzene rings is 1. The Kier molecular flexibility index (Phi) is 3.66. The van der Waals surface area contributed by atoms with Crippen molar-refractivity contribution in [2.45, 2.75) is 25.7 Å². The summed E-state index contributed by atoms with van der Waals surface area (Å²) in [6.07, 6.45) is 0.900. The van der Waals surface area contributed by atoms with Crippen molar-refractivity contribution in [3.05, 3.63) is 41.2 Å². The third-order valence-electron chi connectivity index (χ3n) is 2.84. The van der Waals surface area contributed by atoms with Gasteiger partial charge in [-0.2, -0.15) is 5.21 Å². The number of tetrazole rings is 1. The van der Waals surface area contributed by atoms with Crippen LogP contribution in [0.5, 0.6) is 0 Å². The number of aryl methyl sites for hydroxylation is 1. The van der Waals surface area contributed by atoms with Gasteiger partial charge in [-0.3, -0.25) is 4.79 Å². The first-order chi connectivity index (χ1) is 8.70. The Morgan fingerprint density at radius 2 is 2.11 bits per heavy atom. The second-order valence-electron chi connectivity index (χ2n) is 4.02. The predicted octanol–water partition coefficient (Wildman–Crippen LogP) is 1.37. The van der Waals surface area contributed by atoms with Crippen LogP contribution in [0.4, 0.5) is 0 Å². The smallest absolute Gasteiger partial charge is 0.304 e. The average Bonchev–Trinajstić information content (AvgIpc) is 2.89. The van der Waals surface area contributed by atoms with Gasteiger partial charge in [0.2, 0.25) is 0 Å². The Bertz CT molecular complexity index is 507. The number of carbonyl (C=O) groups is 1. The number of aromatic nitrogens is 4. The SMILES string of the molecule is CCc1ccc(C(CC(=O)O)c2nn[nH]n2)cc1. The lowest BCUT2D eigenvalue weighted by atomic mass is 9.94. The molecular formula is C12H14N4O2. The van der Waals surface area contributed by atoms with E-state index in [1.165, 1.54) is 5.56 Å². The molecule has 1 aromatic carbocycles. The number of carboxylic acid groups (broad SMARTS) is 1. The molecule has 0 aliphatic heterocycles. The maximum Gasteiger partial charge on any atom is 0.304 e. The van der Waals surface area contributed by atoms with Gasteiger partial charge in [-0.25, -0.2) is 0 Å². The van der Waals surface area contributed by atoms with Crippen LogP contribution in [0.2, 0.25) is 0 Å². The molecular weight excluding hydrogens is 232 g/mol. The quantitative estimate of drug-likeness (QED) is 0.831. The standard InChI is InChI=1S/C12H14N4O2/c1-2-8-3-5-9(6-4-8)10(7-11(17)18)12-13-15-16-14-12/h3-6,10H,2,7H2,1H3,(H,17,18)(H,13,14,15,16). The summed E-state index contributed by atoms with van der Waals surface area (Å²) in [6.45, 7) is 2.07. The minimum absolute atomic E-state index is 0.0506. The molecule has 94 valence electrons. The lowest BCUT2D eigenvalue weighted by Gasteiger charge is -2.11. The summed E-state index contributed by atoms with van der Waals surface area (Å²) in [4.78, 5) is 10.9. The summed E-state index contributed by atoms with van der Waals surface area (Å²) in [5, 5.41) is 22.5. The highest BCUT2D eigenvalue weighted by Crippen LogP contribution is 2.25. The number of aliphatic carboxylic acids is 1. The fourth-order valence-corrected chi connectivity index (χ4v) is 1.84. The summed E-state index contributed by atoms with van der Waals surface area (Å²) < 4.78 is 0. The zero-order chi connectivity index (χ0) is 13.0. The Morgan fingerprint density at radius 3 is 2.61 bits per heavy atom. The highest BCUT2D eigenvalue weighted by Gasteiger charge is 2.21. The molecule has 1 unspecified atom stereocenters. The van der Waals surface area contributed by atoms with Gasteiger partial charge in [-0.1, -0.05) is 36.4 Å². The third kappa shape index (κ3) is 2.71. The molecule has 0 saturated carbocycles. The number of nitrogens with zero attached hydrogens (tertiary/aromatic N) is 3. The minimum Gasteiger partial charge on any atom is -0.481 e. The van der Waals surface area contributed by atoms with Crippen molar-refractivity contribution in [2.24, 2.45) is 0 Å². The molecule has 0 aliphatic rings. The molecule has 6 nitrogen and oxygen atoms in total. The van der Waals surface area contributed by atoms with Crippen molar-refractivity contribution in [3.8, 4) is 0 Å². The van der Waals surface area contributed by atoms with E-state index in [-0.39, 0.29) is 12.3 Å². The molecule has 2 N–H and O–H groups in total. The molecule has 0 radical (unpaired) electrons. The molecule has 1 aromatic heterocycles. The first-order valence-corrected chi connectivity index (χ1v) is 5.74. The number of carboxylic acids is 1. The summed E-state index contributed by atoms with van der Waals surface area (Å²) in [5.74, 6) is -0.849.